The molecule has 0 amide bonds. The minimum absolute atomic E-state index is 0. The van der Waals surface area contributed by atoms with Crippen LogP contribution in [-0.2, 0) is 34.0 Å². The monoisotopic (exact) mass is 990 g/mol. The van der Waals surface area contributed by atoms with E-state index in [0.29, 0.717) is 22.8 Å². The van der Waals surface area contributed by atoms with Gasteiger partial charge in [-0.2, -0.15) is 0 Å². The molecule has 1 aromatic carbocycles. The van der Waals surface area contributed by atoms with E-state index < -0.39 is 25.7 Å². The van der Waals surface area contributed by atoms with Crippen molar-refractivity contribution in [2.24, 2.45) is 0 Å². The van der Waals surface area contributed by atoms with E-state index in [2.05, 4.69) is 50.0 Å². The SMILES string of the molecule is COC(=O)c1ccnc(-c2cc(C(=O)OC)cc(-c3cc(C(=O)OC)ccn3)n2)c1.Cc1cc(-c2ccccn2)cc(-c2ccccn2)c1.F[P-](F)(F)(F)(F)F.[Os]. The van der Waals surface area contributed by atoms with Gasteiger partial charge in [0.1, 0.15) is 0 Å². The van der Waals surface area contributed by atoms with E-state index in [-0.39, 0.29) is 36.5 Å². The van der Waals surface area contributed by atoms with Gasteiger partial charge in [0.25, 0.3) is 0 Å². The van der Waals surface area contributed by atoms with Crippen LogP contribution in [0.5, 0.6) is 0 Å². The summed E-state index contributed by atoms with van der Waals surface area (Å²) in [5, 5.41) is 0. The van der Waals surface area contributed by atoms with Gasteiger partial charge >= 0.3 is 50.9 Å². The minimum atomic E-state index is -10.7. The van der Waals surface area contributed by atoms with Crippen molar-refractivity contribution in [2.75, 3.05) is 21.3 Å². The van der Waals surface area contributed by atoms with Crippen molar-refractivity contribution >= 4 is 25.7 Å². The molecule has 6 aromatic rings. The van der Waals surface area contributed by atoms with Gasteiger partial charge < -0.3 is 14.2 Å². The van der Waals surface area contributed by atoms with Crippen LogP contribution < -0.4 is 0 Å². The molecule has 5 aromatic heterocycles. The van der Waals surface area contributed by atoms with Crippen molar-refractivity contribution in [3.05, 3.63) is 138 Å². The number of esters is 3. The summed E-state index contributed by atoms with van der Waals surface area (Å²) < 4.78 is 73.5. The molecule has 6 rings (SSSR count). The summed E-state index contributed by atoms with van der Waals surface area (Å²) in [6.07, 6.45) is 6.50. The molecule has 0 aliphatic rings. The van der Waals surface area contributed by atoms with Gasteiger partial charge in [-0.25, -0.2) is 19.4 Å². The molecule has 0 fully saturated rings. The Hall–Kier alpha value is -5.97. The first kappa shape index (κ1) is 45.4. The molecule has 5 heterocycles. The molecule has 0 aliphatic carbocycles. The first-order chi connectivity index (χ1) is 26.2. The third-order valence-electron chi connectivity index (χ3n) is 7.13. The van der Waals surface area contributed by atoms with Gasteiger partial charge in [-0.15, -0.1) is 0 Å². The van der Waals surface area contributed by atoms with E-state index in [9.17, 15) is 39.6 Å². The van der Waals surface area contributed by atoms with Crippen LogP contribution in [0.25, 0.3) is 45.3 Å². The van der Waals surface area contributed by atoms with Crippen molar-refractivity contribution in [3.63, 3.8) is 0 Å². The summed E-state index contributed by atoms with van der Waals surface area (Å²) in [5.41, 5.74) is 7.50. The van der Waals surface area contributed by atoms with Crippen molar-refractivity contribution in [1.82, 2.24) is 24.9 Å². The average molecular weight is 989 g/mol. The molecule has 57 heavy (non-hydrogen) atoms. The van der Waals surface area contributed by atoms with Gasteiger partial charge in [-0.3, -0.25) is 19.9 Å². The summed E-state index contributed by atoms with van der Waals surface area (Å²) in [7, 11) is -6.85. The summed E-state index contributed by atoms with van der Waals surface area (Å²) >= 11 is 0. The number of nitrogens with zero attached hydrogens (tertiary/aromatic N) is 5. The first-order valence-electron chi connectivity index (χ1n) is 16.0. The number of methoxy groups -OCH3 is 3. The molecule has 0 aliphatic heterocycles. The summed E-state index contributed by atoms with van der Waals surface area (Å²) in [6.45, 7) is 2.10. The molecule has 0 unspecified atom stereocenters. The molecule has 300 valence electrons. The van der Waals surface area contributed by atoms with Gasteiger partial charge in [-0.05, 0) is 91.3 Å². The van der Waals surface area contributed by atoms with Crippen LogP contribution in [0.2, 0.25) is 0 Å². The molecular weight excluding hydrogens is 958 g/mol. The number of benzene rings is 1. The van der Waals surface area contributed by atoms with Crippen molar-refractivity contribution in [3.8, 4) is 45.3 Å². The first-order valence-corrected chi connectivity index (χ1v) is 18.0. The maximum absolute atomic E-state index is 12.2. The standard InChI is InChI=1S/C21H17N3O6.C17H14N2.F6P.Os/c1-28-19(25)12-4-6-22-15(8-12)17-10-14(21(27)30-3)11-18(24-17)16-9-13(5-7-23-16)20(26)29-2;1-13-10-14(16-6-2-4-8-18-16)12-15(11-13)17-7-3-5-9-19-17;1-7(2,3,4,5)6;/h4-11H,1-3H3;2-12H,1H3;;/q;;-1;. The van der Waals surface area contributed by atoms with Gasteiger partial charge in [0, 0.05) is 55.7 Å². The molecule has 19 heteroatoms. The Bertz CT molecular complexity index is 2220. The normalized spacial score (nSPS) is 11.7. The van der Waals surface area contributed by atoms with Gasteiger partial charge in [-0.1, -0.05) is 12.1 Å². The average Bonchev–Trinajstić information content (AvgIpc) is 3.19. The van der Waals surface area contributed by atoms with Crippen LogP contribution in [0.1, 0.15) is 36.6 Å². The number of carbonyl (C=O) groups is 3. The Kier molecular flexibility index (Phi) is 14.6. The Labute approximate surface area is 334 Å². The fourth-order valence-electron chi connectivity index (χ4n) is 4.81. The summed E-state index contributed by atoms with van der Waals surface area (Å²) in [4.78, 5) is 57.6. The van der Waals surface area contributed by atoms with Gasteiger partial charge in [0.05, 0.1) is 72.2 Å². The number of aromatic nitrogens is 5. The fraction of sp³-hybridized carbons (Fsp3) is 0.105. The van der Waals surface area contributed by atoms with E-state index in [1.54, 1.807) is 0 Å². The number of aryl methyl sites for hydroxylation is 1. The largest absolute Gasteiger partial charge is 0 e. The van der Waals surface area contributed by atoms with E-state index in [0.717, 1.165) is 22.5 Å². The third-order valence-corrected chi connectivity index (χ3v) is 7.13. The predicted molar refractivity (Wildman–Crippen MR) is 196 cm³/mol. The van der Waals surface area contributed by atoms with E-state index in [1.165, 1.54) is 75.7 Å². The van der Waals surface area contributed by atoms with Crippen LogP contribution in [0, 0.1) is 6.92 Å². The summed E-state index contributed by atoms with van der Waals surface area (Å²) in [6, 6.07) is 27.3. The van der Waals surface area contributed by atoms with Crippen molar-refractivity contribution in [1.29, 1.82) is 0 Å². The molecule has 0 spiro atoms. The third kappa shape index (κ3) is 14.9. The predicted octanol–water partition coefficient (Wildman–Crippen LogP) is 10.1. The second-order valence-electron chi connectivity index (χ2n) is 11.4. The molecular formula is C38H31F6N5O6OsP-. The zero-order valence-electron chi connectivity index (χ0n) is 30.2. The molecule has 11 nitrogen and oxygen atoms in total. The number of carbonyl (C=O) groups excluding carboxylic acids is 3. The topological polar surface area (TPSA) is 143 Å². The molecule has 0 radical (unpaired) electrons. The number of halogens is 6. The van der Waals surface area contributed by atoms with E-state index in [1.807, 2.05) is 48.8 Å². The van der Waals surface area contributed by atoms with Crippen LogP contribution in [0.3, 0.4) is 0 Å². The molecule has 0 atom stereocenters. The fourth-order valence-corrected chi connectivity index (χ4v) is 4.81. The van der Waals surface area contributed by atoms with Crippen LogP contribution in [0.4, 0.5) is 25.2 Å². The van der Waals surface area contributed by atoms with Crippen LogP contribution >= 0.6 is 7.81 Å². The summed E-state index contributed by atoms with van der Waals surface area (Å²) in [5.74, 6) is -1.65. The van der Waals surface area contributed by atoms with Crippen LogP contribution in [-0.4, -0.2) is 64.2 Å². The van der Waals surface area contributed by atoms with Crippen LogP contribution in [0.15, 0.2) is 116 Å². The quantitative estimate of drug-likeness (QED) is 0.0653. The van der Waals surface area contributed by atoms with Crippen molar-refractivity contribution < 1.29 is 73.6 Å². The molecule has 0 saturated carbocycles. The zero-order chi connectivity index (χ0) is 41.2. The molecule has 0 N–H and O–H groups in total. The second-order valence-corrected chi connectivity index (χ2v) is 13.4. The number of pyridine rings is 5. The maximum atomic E-state index is 12.2. The Morgan fingerprint density at radius 1 is 0.474 bits per heavy atom. The van der Waals surface area contributed by atoms with Gasteiger partial charge in [0.2, 0.25) is 0 Å². The number of rotatable bonds is 7. The Morgan fingerprint density at radius 3 is 1.18 bits per heavy atom. The maximum Gasteiger partial charge on any atom is 0 e. The smallest absolute Gasteiger partial charge is 0 e. The number of hydrogen-bond acceptors (Lipinski definition) is 11. The molecule has 0 bridgehead atoms. The van der Waals surface area contributed by atoms with E-state index >= 15 is 0 Å². The van der Waals surface area contributed by atoms with Crippen molar-refractivity contribution in [2.45, 2.75) is 6.92 Å². The van der Waals surface area contributed by atoms with E-state index in [4.69, 9.17) is 14.2 Å². The number of ether oxygens (including phenoxy) is 3. The Balaban J connectivity index is 0.000000274. The molecule has 0 saturated heterocycles. The second kappa shape index (κ2) is 18.3. The zero-order valence-corrected chi connectivity index (χ0v) is 33.7. The van der Waals surface area contributed by atoms with Gasteiger partial charge in [0.15, 0.2) is 0 Å². The number of hydrogen-bond donors (Lipinski definition) is 0. The Morgan fingerprint density at radius 2 is 0.825 bits per heavy atom. The minimum Gasteiger partial charge on any atom is 0 e.